The van der Waals surface area contributed by atoms with Crippen molar-refractivity contribution < 1.29 is 14.0 Å². The van der Waals surface area contributed by atoms with Crippen LogP contribution in [0.2, 0.25) is 10.0 Å². The van der Waals surface area contributed by atoms with Gasteiger partial charge >= 0.3 is 8.25 Å². The largest absolute Gasteiger partial charge is 0.694 e. The predicted molar refractivity (Wildman–Crippen MR) is 110 cm³/mol. The average molecular weight is 440 g/mol. The Bertz CT molecular complexity index is 1020. The third-order valence-corrected chi connectivity index (χ3v) is 6.05. The molecule has 146 valence electrons. The van der Waals surface area contributed by atoms with E-state index in [-0.39, 0.29) is 12.5 Å². The number of piperidine rings is 1. The lowest BCUT2D eigenvalue weighted by atomic mass is 9.99. The number of hydrogen-bond acceptors (Lipinski definition) is 5. The van der Waals surface area contributed by atoms with Gasteiger partial charge in [0.15, 0.2) is 0 Å². The van der Waals surface area contributed by atoms with Crippen LogP contribution in [0.25, 0.3) is 16.6 Å². The van der Waals surface area contributed by atoms with Gasteiger partial charge in [-0.2, -0.15) is 0 Å². The van der Waals surface area contributed by atoms with Crippen molar-refractivity contribution in [3.8, 4) is 5.69 Å². The predicted octanol–water partition coefficient (Wildman–Crippen LogP) is 4.61. The summed E-state index contributed by atoms with van der Waals surface area (Å²) in [5.41, 5.74) is 1.54. The number of pyridine rings is 1. The average Bonchev–Trinajstić information content (AvgIpc) is 3.23. The molecular formula is C18H18Cl2N4O3P+. The van der Waals surface area contributed by atoms with E-state index in [1.54, 1.807) is 18.6 Å². The van der Waals surface area contributed by atoms with Gasteiger partial charge in [-0.3, -0.25) is 0 Å². The van der Waals surface area contributed by atoms with Crippen molar-refractivity contribution in [3.63, 3.8) is 0 Å². The molecule has 0 radical (unpaired) electrons. The Morgan fingerprint density at radius 2 is 2.21 bits per heavy atom. The van der Waals surface area contributed by atoms with E-state index in [1.807, 2.05) is 22.9 Å². The highest BCUT2D eigenvalue weighted by Crippen LogP contribution is 2.35. The zero-order chi connectivity index (χ0) is 19.7. The van der Waals surface area contributed by atoms with Crippen molar-refractivity contribution >= 4 is 48.2 Å². The number of fused-ring (bicyclic) bond motifs is 1. The lowest BCUT2D eigenvalue weighted by Gasteiger charge is -2.33. The molecule has 1 aromatic carbocycles. The van der Waals surface area contributed by atoms with Gasteiger partial charge in [0, 0.05) is 47.4 Å². The van der Waals surface area contributed by atoms with Crippen molar-refractivity contribution in [2.75, 3.05) is 24.6 Å². The maximum atomic E-state index is 10.8. The van der Waals surface area contributed by atoms with Crippen LogP contribution < -0.4 is 4.90 Å². The molecule has 28 heavy (non-hydrogen) atoms. The van der Waals surface area contributed by atoms with Gasteiger partial charge in [-0.25, -0.2) is 9.97 Å². The first kappa shape index (κ1) is 19.6. The second kappa shape index (κ2) is 8.31. The first-order valence-corrected chi connectivity index (χ1v) is 10.7. The third-order valence-electron chi connectivity index (χ3n) is 4.88. The summed E-state index contributed by atoms with van der Waals surface area (Å²) in [7, 11) is -2.58. The number of hydrogen-bond donors (Lipinski definition) is 1. The molecule has 3 aromatic rings. The Kier molecular flexibility index (Phi) is 5.80. The smallest absolute Gasteiger partial charge is 0.356 e. The highest BCUT2D eigenvalue weighted by atomic mass is 35.5. The molecule has 0 spiro atoms. The lowest BCUT2D eigenvalue weighted by Crippen LogP contribution is -2.37. The van der Waals surface area contributed by atoms with Gasteiger partial charge in [0.25, 0.3) is 0 Å². The molecule has 1 saturated heterocycles. The van der Waals surface area contributed by atoms with Crippen molar-refractivity contribution in [1.29, 1.82) is 0 Å². The summed E-state index contributed by atoms with van der Waals surface area (Å²) in [5.74, 6) is 0.933. The van der Waals surface area contributed by atoms with Crippen LogP contribution in [0, 0.1) is 5.92 Å². The maximum absolute atomic E-state index is 10.8. The summed E-state index contributed by atoms with van der Waals surface area (Å²) in [5, 5.41) is 1.74. The highest BCUT2D eigenvalue weighted by molar-refractivity contribution is 7.32. The van der Waals surface area contributed by atoms with E-state index in [4.69, 9.17) is 37.6 Å². The molecule has 0 amide bonds. The standard InChI is InChI=1S/C18H17Cl2N4O3P/c19-14-4-3-13-15(24-7-5-21-11-24)8-16(22-18(13)17(14)20)23-6-1-2-12(9-23)10-27-28(25)26/h3-5,7-8,11-12H,1-2,6,9-10H2/p+1. The van der Waals surface area contributed by atoms with Gasteiger partial charge in [-0.15, -0.1) is 9.42 Å². The fourth-order valence-electron chi connectivity index (χ4n) is 3.56. The zero-order valence-corrected chi connectivity index (χ0v) is 17.2. The molecule has 1 fully saturated rings. The fourth-order valence-corrected chi connectivity index (χ4v) is 4.26. The van der Waals surface area contributed by atoms with Crippen molar-refractivity contribution in [3.05, 3.63) is 47.0 Å². The molecule has 2 unspecified atom stereocenters. The Morgan fingerprint density at radius 3 is 2.96 bits per heavy atom. The number of anilines is 1. The molecule has 2 atom stereocenters. The Labute approximate surface area is 172 Å². The van der Waals surface area contributed by atoms with E-state index in [2.05, 4.69) is 9.88 Å². The first-order chi connectivity index (χ1) is 13.5. The van der Waals surface area contributed by atoms with Gasteiger partial charge in [-0.05, 0) is 25.0 Å². The number of imidazole rings is 1. The van der Waals surface area contributed by atoms with Crippen LogP contribution in [0.4, 0.5) is 5.82 Å². The summed E-state index contributed by atoms with van der Waals surface area (Å²) in [6.07, 6.45) is 7.19. The molecule has 4 rings (SSSR count). The van der Waals surface area contributed by atoms with Crippen LogP contribution in [-0.2, 0) is 9.09 Å². The highest BCUT2D eigenvalue weighted by Gasteiger charge is 2.26. The number of rotatable bonds is 5. The molecule has 2 aromatic heterocycles. The minimum Gasteiger partial charge on any atom is -0.356 e. The van der Waals surface area contributed by atoms with Gasteiger partial charge in [0.05, 0.1) is 27.6 Å². The minimum atomic E-state index is -2.58. The van der Waals surface area contributed by atoms with Gasteiger partial charge in [0.1, 0.15) is 12.4 Å². The van der Waals surface area contributed by atoms with Crippen LogP contribution in [-0.4, -0.2) is 39.1 Å². The monoisotopic (exact) mass is 439 g/mol. The zero-order valence-electron chi connectivity index (χ0n) is 14.8. The first-order valence-electron chi connectivity index (χ1n) is 8.84. The number of benzene rings is 1. The molecule has 1 N–H and O–H groups in total. The topological polar surface area (TPSA) is 80.5 Å². The molecule has 3 heterocycles. The molecule has 7 nitrogen and oxygen atoms in total. The second-order valence-electron chi connectivity index (χ2n) is 6.71. The summed E-state index contributed by atoms with van der Waals surface area (Å²) in [6, 6.07) is 5.67. The Hall–Kier alpha value is -1.76. The van der Waals surface area contributed by atoms with Gasteiger partial charge in [-0.1, -0.05) is 23.2 Å². The summed E-state index contributed by atoms with van der Waals surface area (Å²) >= 11 is 12.7. The van der Waals surface area contributed by atoms with E-state index in [9.17, 15) is 4.57 Å². The Morgan fingerprint density at radius 1 is 1.36 bits per heavy atom. The summed E-state index contributed by atoms with van der Waals surface area (Å²) < 4.78 is 17.7. The van der Waals surface area contributed by atoms with E-state index >= 15 is 0 Å². The van der Waals surface area contributed by atoms with Crippen LogP contribution in [0.3, 0.4) is 0 Å². The third kappa shape index (κ3) is 4.00. The summed E-state index contributed by atoms with van der Waals surface area (Å²) in [4.78, 5) is 20.0. The number of aromatic nitrogens is 3. The second-order valence-corrected chi connectivity index (χ2v) is 8.23. The molecule has 0 aliphatic carbocycles. The van der Waals surface area contributed by atoms with Crippen molar-refractivity contribution in [1.82, 2.24) is 14.5 Å². The SMILES string of the molecule is O=[P+](O)OCC1CCCN(c2cc(-n3ccnc3)c3ccc(Cl)c(Cl)c3n2)C1. The maximum Gasteiger partial charge on any atom is 0.694 e. The molecule has 0 saturated carbocycles. The summed E-state index contributed by atoms with van der Waals surface area (Å²) in [6.45, 7) is 1.77. The quantitative estimate of drug-likeness (QED) is 0.584. The fraction of sp³-hybridized carbons (Fsp3) is 0.333. The molecule has 1 aliphatic heterocycles. The lowest BCUT2D eigenvalue weighted by molar-refractivity contribution is 0.215. The van der Waals surface area contributed by atoms with Crippen molar-refractivity contribution in [2.45, 2.75) is 12.8 Å². The number of halogens is 2. The van der Waals surface area contributed by atoms with Gasteiger partial charge < -0.3 is 9.47 Å². The van der Waals surface area contributed by atoms with Crippen LogP contribution >= 0.6 is 31.5 Å². The molecular weight excluding hydrogens is 422 g/mol. The minimum absolute atomic E-state index is 0.156. The van der Waals surface area contributed by atoms with E-state index in [0.29, 0.717) is 22.1 Å². The van der Waals surface area contributed by atoms with Crippen LogP contribution in [0.5, 0.6) is 0 Å². The van der Waals surface area contributed by atoms with Gasteiger partial charge in [0.2, 0.25) is 0 Å². The Balaban J connectivity index is 1.75. The molecule has 10 heteroatoms. The van der Waals surface area contributed by atoms with Crippen molar-refractivity contribution in [2.24, 2.45) is 5.92 Å². The molecule has 0 bridgehead atoms. The number of nitrogens with zero attached hydrogens (tertiary/aromatic N) is 4. The van der Waals surface area contributed by atoms with Crippen LogP contribution in [0.15, 0.2) is 36.9 Å². The van der Waals surface area contributed by atoms with Crippen LogP contribution in [0.1, 0.15) is 12.8 Å². The van der Waals surface area contributed by atoms with E-state index in [0.717, 1.165) is 36.3 Å². The molecule has 1 aliphatic rings. The normalized spacial score (nSPS) is 17.9. The van der Waals surface area contributed by atoms with E-state index < -0.39 is 8.25 Å². The van der Waals surface area contributed by atoms with E-state index in [1.165, 1.54) is 0 Å².